The van der Waals surface area contributed by atoms with Crippen LogP contribution in [0.15, 0.2) is 52.7 Å². The number of allylic oxidation sites excluding steroid dienone is 1. The molecule has 1 aromatic heterocycles. The highest BCUT2D eigenvalue weighted by atomic mass is 32.2. The first-order chi connectivity index (χ1) is 12.1. The Morgan fingerprint density at radius 1 is 1.40 bits per heavy atom. The van der Waals surface area contributed by atoms with E-state index in [1.807, 2.05) is 49.7 Å². The molecule has 1 N–H and O–H groups in total. The van der Waals surface area contributed by atoms with Crippen LogP contribution in [0.5, 0.6) is 0 Å². The Bertz CT molecular complexity index is 795. The molecule has 0 radical (unpaired) electrons. The van der Waals surface area contributed by atoms with Crippen LogP contribution in [-0.4, -0.2) is 25.0 Å². The Morgan fingerprint density at radius 2 is 2.20 bits per heavy atom. The van der Waals surface area contributed by atoms with E-state index in [9.17, 15) is 4.79 Å². The van der Waals surface area contributed by atoms with E-state index in [2.05, 4.69) is 16.9 Å². The zero-order valence-electron chi connectivity index (χ0n) is 14.5. The van der Waals surface area contributed by atoms with Gasteiger partial charge in [0.15, 0.2) is 0 Å². The van der Waals surface area contributed by atoms with Gasteiger partial charge in [-0.15, -0.1) is 11.3 Å². The van der Waals surface area contributed by atoms with E-state index < -0.39 is 0 Å². The molecule has 0 bridgehead atoms. The number of carbonyl (C=O) groups is 1. The van der Waals surface area contributed by atoms with Crippen LogP contribution in [0.4, 0.5) is 11.4 Å². The third-order valence-electron chi connectivity index (χ3n) is 3.53. The van der Waals surface area contributed by atoms with E-state index in [1.54, 1.807) is 41.0 Å². The highest BCUT2D eigenvalue weighted by Gasteiger charge is 2.18. The molecule has 0 aliphatic carbocycles. The molecule has 0 saturated carbocycles. The van der Waals surface area contributed by atoms with Crippen LogP contribution in [-0.2, 0) is 4.79 Å². The molecule has 25 heavy (non-hydrogen) atoms. The maximum Gasteiger partial charge on any atom is 0.264 e. The molecule has 6 heteroatoms. The number of hydrogen-bond acceptors (Lipinski definition) is 5. The number of hydrogen-bond donors (Lipinski definition) is 1. The number of anilines is 2. The van der Waals surface area contributed by atoms with Gasteiger partial charge in [-0.2, -0.15) is 0 Å². The largest absolute Gasteiger partial charge is 0.386 e. The van der Waals surface area contributed by atoms with Gasteiger partial charge in [0.2, 0.25) is 0 Å². The molecule has 4 nitrogen and oxygen atoms in total. The van der Waals surface area contributed by atoms with Gasteiger partial charge in [0.25, 0.3) is 5.91 Å². The Balaban J connectivity index is 2.36. The van der Waals surface area contributed by atoms with Crippen molar-refractivity contribution in [3.8, 4) is 0 Å². The number of rotatable bonds is 7. The molecular formula is C19H21N3OS2. The monoisotopic (exact) mass is 371 g/mol. The number of carbonyl (C=O) groups excluding carboxylic acids is 1. The number of nitrogens with zero attached hydrogens (tertiary/aromatic N) is 2. The van der Waals surface area contributed by atoms with Gasteiger partial charge >= 0.3 is 0 Å². The van der Waals surface area contributed by atoms with Crippen molar-refractivity contribution in [3.63, 3.8) is 0 Å². The fourth-order valence-corrected chi connectivity index (χ4v) is 3.42. The molecule has 2 rings (SSSR count). The molecule has 0 atom stereocenters. The Labute approximate surface area is 157 Å². The fourth-order valence-electron chi connectivity index (χ4n) is 2.33. The summed E-state index contributed by atoms with van der Waals surface area (Å²) in [5, 5.41) is 7.75. The predicted molar refractivity (Wildman–Crippen MR) is 112 cm³/mol. The fraction of sp³-hybridized carbons (Fsp3) is 0.158. The number of aromatic nitrogens is 1. The van der Waals surface area contributed by atoms with E-state index >= 15 is 0 Å². The maximum atomic E-state index is 12.7. The summed E-state index contributed by atoms with van der Waals surface area (Å²) in [5.41, 5.74) is 2.70. The van der Waals surface area contributed by atoms with Crippen LogP contribution < -0.4 is 10.2 Å². The van der Waals surface area contributed by atoms with Gasteiger partial charge in [0.05, 0.1) is 16.3 Å². The summed E-state index contributed by atoms with van der Waals surface area (Å²) < 4.78 is 0. The van der Waals surface area contributed by atoms with E-state index in [1.165, 1.54) is 11.8 Å². The van der Waals surface area contributed by atoms with E-state index in [0.29, 0.717) is 4.91 Å². The molecule has 1 heterocycles. The minimum atomic E-state index is -0.0649. The van der Waals surface area contributed by atoms with Crippen LogP contribution in [0.2, 0.25) is 0 Å². The van der Waals surface area contributed by atoms with E-state index in [0.717, 1.165) is 21.9 Å². The molecule has 0 unspecified atom stereocenters. The smallest absolute Gasteiger partial charge is 0.264 e. The number of amides is 1. The zero-order chi connectivity index (χ0) is 18.2. The first kappa shape index (κ1) is 19.0. The minimum Gasteiger partial charge on any atom is -0.386 e. The summed E-state index contributed by atoms with van der Waals surface area (Å²) in [6.07, 6.45) is 7.55. The molecular weight excluding hydrogens is 350 g/mol. The van der Waals surface area contributed by atoms with Gasteiger partial charge in [0.1, 0.15) is 5.01 Å². The topological polar surface area (TPSA) is 45.2 Å². The van der Waals surface area contributed by atoms with Crippen LogP contribution in [0.25, 0.3) is 12.2 Å². The Kier molecular flexibility index (Phi) is 7.03. The average molecular weight is 372 g/mol. The van der Waals surface area contributed by atoms with Crippen molar-refractivity contribution >= 4 is 52.5 Å². The van der Waals surface area contributed by atoms with Crippen molar-refractivity contribution in [2.75, 3.05) is 24.3 Å². The van der Waals surface area contributed by atoms with Gasteiger partial charge in [-0.25, -0.2) is 4.98 Å². The standard InChI is InChI=1S/C19H21N3OS2/c1-5-16(24-6-2)19(23)22(4)15-9-7-8-14(18(15)20-3)10-11-17-21-12-13-25-17/h5-13,20H,2H2,1,3-4H3/b11-10+,16-5-. The summed E-state index contributed by atoms with van der Waals surface area (Å²) in [5.74, 6) is -0.0649. The van der Waals surface area contributed by atoms with Crippen LogP contribution in [0, 0.1) is 0 Å². The number of thiazole rings is 1. The van der Waals surface area contributed by atoms with Crippen LogP contribution in [0.1, 0.15) is 17.5 Å². The molecule has 0 spiro atoms. The van der Waals surface area contributed by atoms with Crippen molar-refractivity contribution in [2.45, 2.75) is 6.92 Å². The maximum absolute atomic E-state index is 12.7. The first-order valence-corrected chi connectivity index (χ1v) is 9.48. The van der Waals surface area contributed by atoms with Crippen LogP contribution in [0.3, 0.4) is 0 Å². The average Bonchev–Trinajstić information content (AvgIpc) is 3.16. The Hall–Kier alpha value is -2.31. The van der Waals surface area contributed by atoms with Crippen LogP contribution >= 0.6 is 23.1 Å². The molecule has 2 aromatic rings. The second-order valence-electron chi connectivity index (χ2n) is 5.00. The molecule has 0 fully saturated rings. The molecule has 1 aromatic carbocycles. The second-order valence-corrected chi connectivity index (χ2v) is 6.93. The third-order valence-corrected chi connectivity index (χ3v) is 5.10. The summed E-state index contributed by atoms with van der Waals surface area (Å²) >= 11 is 2.91. The van der Waals surface area contributed by atoms with Crippen molar-refractivity contribution in [3.05, 3.63) is 63.3 Å². The lowest BCUT2D eigenvalue weighted by Crippen LogP contribution is -2.27. The molecule has 1 amide bonds. The third kappa shape index (κ3) is 4.61. The summed E-state index contributed by atoms with van der Waals surface area (Å²) in [4.78, 5) is 19.3. The van der Waals surface area contributed by atoms with E-state index in [4.69, 9.17) is 0 Å². The summed E-state index contributed by atoms with van der Waals surface area (Å²) in [6.45, 7) is 5.54. The quantitative estimate of drug-likeness (QED) is 0.688. The lowest BCUT2D eigenvalue weighted by Gasteiger charge is -2.22. The lowest BCUT2D eigenvalue weighted by molar-refractivity contribution is -0.114. The van der Waals surface area contributed by atoms with Crippen molar-refractivity contribution in [2.24, 2.45) is 0 Å². The number of benzene rings is 1. The molecule has 0 saturated heterocycles. The van der Waals surface area contributed by atoms with Gasteiger partial charge < -0.3 is 10.2 Å². The summed E-state index contributed by atoms with van der Waals surface area (Å²) in [6, 6.07) is 5.88. The predicted octanol–water partition coefficient (Wildman–Crippen LogP) is 5.10. The number of thioether (sulfide) groups is 1. The van der Waals surface area contributed by atoms with Crippen molar-refractivity contribution in [1.29, 1.82) is 0 Å². The van der Waals surface area contributed by atoms with Gasteiger partial charge in [-0.3, -0.25) is 4.79 Å². The normalized spacial score (nSPS) is 11.6. The highest BCUT2D eigenvalue weighted by molar-refractivity contribution is 8.06. The number of likely N-dealkylation sites (N-methyl/N-ethyl adjacent to an activating group) is 1. The van der Waals surface area contributed by atoms with Gasteiger partial charge in [0, 0.05) is 25.7 Å². The van der Waals surface area contributed by atoms with Crippen molar-refractivity contribution in [1.82, 2.24) is 4.98 Å². The lowest BCUT2D eigenvalue weighted by atomic mass is 10.1. The SMILES string of the molecule is C=CS/C(=C\C)C(=O)N(C)c1cccc(/C=C/c2nccs2)c1NC. The van der Waals surface area contributed by atoms with Crippen molar-refractivity contribution < 1.29 is 4.79 Å². The first-order valence-electron chi connectivity index (χ1n) is 7.72. The number of para-hydroxylation sites is 1. The minimum absolute atomic E-state index is 0.0649. The number of nitrogens with one attached hydrogen (secondary N) is 1. The molecule has 0 aliphatic heterocycles. The highest BCUT2D eigenvalue weighted by Crippen LogP contribution is 2.32. The second kappa shape index (κ2) is 9.25. The van der Waals surface area contributed by atoms with Gasteiger partial charge in [-0.1, -0.05) is 36.5 Å². The van der Waals surface area contributed by atoms with E-state index in [-0.39, 0.29) is 5.91 Å². The summed E-state index contributed by atoms with van der Waals surface area (Å²) in [7, 11) is 3.63. The molecule has 0 aliphatic rings. The zero-order valence-corrected chi connectivity index (χ0v) is 16.2. The molecule has 130 valence electrons. The Morgan fingerprint density at radius 3 is 2.80 bits per heavy atom. The van der Waals surface area contributed by atoms with Gasteiger partial charge in [-0.05, 0) is 36.1 Å².